The second kappa shape index (κ2) is 6.43. The summed E-state index contributed by atoms with van der Waals surface area (Å²) >= 11 is 0. The Morgan fingerprint density at radius 3 is 2.48 bits per heavy atom. The van der Waals surface area contributed by atoms with Gasteiger partial charge in [0.15, 0.2) is 0 Å². The first-order chi connectivity index (χ1) is 10.0. The third-order valence-corrected chi connectivity index (χ3v) is 3.48. The van der Waals surface area contributed by atoms with Crippen molar-refractivity contribution in [2.45, 2.75) is 18.8 Å². The molecule has 0 radical (unpaired) electrons. The van der Waals surface area contributed by atoms with E-state index < -0.39 is 17.5 Å². The van der Waals surface area contributed by atoms with E-state index >= 15 is 0 Å². The lowest BCUT2D eigenvalue weighted by molar-refractivity contribution is -0.140. The van der Waals surface area contributed by atoms with Crippen molar-refractivity contribution in [3.8, 4) is 0 Å². The van der Waals surface area contributed by atoms with Gasteiger partial charge in [-0.2, -0.15) is 0 Å². The molecule has 1 saturated heterocycles. The van der Waals surface area contributed by atoms with E-state index in [0.717, 1.165) is 5.56 Å². The van der Waals surface area contributed by atoms with Crippen LogP contribution in [0.2, 0.25) is 0 Å². The zero-order valence-corrected chi connectivity index (χ0v) is 12.0. The smallest absolute Gasteiger partial charge is 0.462 e. The molecule has 5 nitrogen and oxygen atoms in total. The Morgan fingerprint density at radius 2 is 1.90 bits per heavy atom. The first-order valence-electron chi connectivity index (χ1n) is 6.71. The van der Waals surface area contributed by atoms with Crippen LogP contribution in [0.25, 0.3) is 0 Å². The zero-order valence-electron chi connectivity index (χ0n) is 12.0. The molecule has 1 heterocycles. The normalized spacial score (nSPS) is 16.5. The molecular weight excluding hydrogens is 272 g/mol. The average Bonchev–Trinajstić information content (AvgIpc) is 2.50. The van der Waals surface area contributed by atoms with Crippen LogP contribution in [0.3, 0.4) is 0 Å². The third kappa shape index (κ3) is 3.62. The van der Waals surface area contributed by atoms with E-state index in [4.69, 9.17) is 14.2 Å². The molecular formula is C16H18O5. The van der Waals surface area contributed by atoms with E-state index in [1.165, 1.54) is 0 Å². The van der Waals surface area contributed by atoms with Crippen LogP contribution in [0.15, 0.2) is 42.5 Å². The maximum Gasteiger partial charge on any atom is 0.508 e. The number of cyclic esters (lactones) is 2. The molecule has 1 fully saturated rings. The molecule has 0 N–H and O–H groups in total. The van der Waals surface area contributed by atoms with Gasteiger partial charge in [0, 0.05) is 5.57 Å². The molecule has 0 unspecified atom stereocenters. The van der Waals surface area contributed by atoms with Crippen molar-refractivity contribution in [1.82, 2.24) is 0 Å². The second-order valence-corrected chi connectivity index (χ2v) is 5.14. The molecule has 112 valence electrons. The van der Waals surface area contributed by atoms with Gasteiger partial charge in [0.05, 0.1) is 12.0 Å². The number of ether oxygens (including phenoxy) is 3. The topological polar surface area (TPSA) is 61.8 Å². The molecule has 0 spiro atoms. The summed E-state index contributed by atoms with van der Waals surface area (Å²) in [4.78, 5) is 22.6. The van der Waals surface area contributed by atoms with Crippen molar-refractivity contribution in [3.63, 3.8) is 0 Å². The Hall–Kier alpha value is -2.30. The van der Waals surface area contributed by atoms with Crippen LogP contribution in [0, 0.1) is 0 Å². The van der Waals surface area contributed by atoms with Gasteiger partial charge in [-0.25, -0.2) is 9.59 Å². The fraction of sp³-hybridized carbons (Fsp3) is 0.375. The Bertz CT molecular complexity index is 525. The third-order valence-electron chi connectivity index (χ3n) is 3.48. The zero-order chi connectivity index (χ0) is 15.3. The molecule has 1 aromatic rings. The molecule has 0 saturated carbocycles. The summed E-state index contributed by atoms with van der Waals surface area (Å²) in [5.41, 5.74) is 0.851. The highest BCUT2D eigenvalue weighted by atomic mass is 16.7. The van der Waals surface area contributed by atoms with E-state index in [1.54, 1.807) is 6.92 Å². The molecule has 1 aliphatic heterocycles. The number of hydrogen-bond donors (Lipinski definition) is 0. The second-order valence-electron chi connectivity index (χ2n) is 5.14. The van der Waals surface area contributed by atoms with Gasteiger partial charge < -0.3 is 14.2 Å². The van der Waals surface area contributed by atoms with Crippen molar-refractivity contribution in [3.05, 3.63) is 48.0 Å². The van der Waals surface area contributed by atoms with Gasteiger partial charge >= 0.3 is 12.1 Å². The van der Waals surface area contributed by atoms with Crippen LogP contribution in [0.4, 0.5) is 4.79 Å². The highest BCUT2D eigenvalue weighted by Crippen LogP contribution is 2.32. The minimum Gasteiger partial charge on any atom is -0.462 e. The predicted octanol–water partition coefficient (Wildman–Crippen LogP) is 2.60. The average molecular weight is 290 g/mol. The number of esters is 1. The van der Waals surface area contributed by atoms with Gasteiger partial charge in [0.2, 0.25) is 0 Å². The number of carbonyl (C=O) groups excluding carboxylic acids is 2. The molecule has 0 aliphatic carbocycles. The molecule has 0 amide bonds. The van der Waals surface area contributed by atoms with Gasteiger partial charge in [-0.1, -0.05) is 36.9 Å². The monoisotopic (exact) mass is 290 g/mol. The molecule has 2 rings (SSSR count). The maximum atomic E-state index is 11.4. The van der Waals surface area contributed by atoms with Crippen molar-refractivity contribution < 1.29 is 23.8 Å². The van der Waals surface area contributed by atoms with Crippen molar-refractivity contribution in [1.29, 1.82) is 0 Å². The van der Waals surface area contributed by atoms with Gasteiger partial charge in [0.25, 0.3) is 0 Å². The molecule has 0 bridgehead atoms. The fourth-order valence-corrected chi connectivity index (χ4v) is 2.19. The largest absolute Gasteiger partial charge is 0.508 e. The van der Waals surface area contributed by atoms with Gasteiger partial charge in [0.1, 0.15) is 13.2 Å². The number of benzene rings is 1. The number of hydrogen-bond acceptors (Lipinski definition) is 5. The summed E-state index contributed by atoms with van der Waals surface area (Å²) in [6, 6.07) is 9.63. The van der Waals surface area contributed by atoms with E-state index in [1.807, 2.05) is 30.3 Å². The highest BCUT2D eigenvalue weighted by molar-refractivity contribution is 5.86. The quantitative estimate of drug-likeness (QED) is 0.616. The van der Waals surface area contributed by atoms with Crippen LogP contribution in [-0.2, 0) is 24.4 Å². The molecule has 0 aromatic heterocycles. The molecule has 5 heteroatoms. The van der Waals surface area contributed by atoms with Crippen molar-refractivity contribution in [2.75, 3.05) is 19.8 Å². The lowest BCUT2D eigenvalue weighted by atomic mass is 9.79. The Morgan fingerprint density at radius 1 is 1.29 bits per heavy atom. The van der Waals surface area contributed by atoms with Crippen LogP contribution in [0.1, 0.15) is 18.9 Å². The Balaban J connectivity index is 2.08. The summed E-state index contributed by atoms with van der Waals surface area (Å²) in [6.07, 6.45) is -0.163. The van der Waals surface area contributed by atoms with Crippen LogP contribution in [-0.4, -0.2) is 31.9 Å². The first kappa shape index (κ1) is 15.1. The van der Waals surface area contributed by atoms with Crippen LogP contribution >= 0.6 is 0 Å². The number of carbonyl (C=O) groups is 2. The van der Waals surface area contributed by atoms with E-state index in [2.05, 4.69) is 6.58 Å². The van der Waals surface area contributed by atoms with Gasteiger partial charge in [-0.05, 0) is 18.9 Å². The minimum absolute atomic E-state index is 0.209. The Kier molecular flexibility index (Phi) is 4.62. The van der Waals surface area contributed by atoms with Crippen LogP contribution in [0.5, 0.6) is 0 Å². The van der Waals surface area contributed by atoms with E-state index in [0.29, 0.717) is 12.0 Å². The predicted molar refractivity (Wildman–Crippen MR) is 75.8 cm³/mol. The summed E-state index contributed by atoms with van der Waals surface area (Å²) in [5.74, 6) is -0.424. The summed E-state index contributed by atoms with van der Waals surface area (Å²) in [5, 5.41) is 0. The summed E-state index contributed by atoms with van der Waals surface area (Å²) < 4.78 is 15.2. The molecule has 21 heavy (non-hydrogen) atoms. The number of rotatable bonds is 5. The highest BCUT2D eigenvalue weighted by Gasteiger charge is 2.39. The van der Waals surface area contributed by atoms with Gasteiger partial charge in [-0.15, -0.1) is 0 Å². The molecule has 1 aromatic carbocycles. The van der Waals surface area contributed by atoms with Crippen LogP contribution < -0.4 is 0 Å². The van der Waals surface area contributed by atoms with E-state index in [9.17, 15) is 9.59 Å². The Labute approximate surface area is 123 Å². The minimum atomic E-state index is -0.666. The first-order valence-corrected chi connectivity index (χ1v) is 6.71. The standard InChI is InChI=1S/C16H18O5/c1-12(2)14(17)19-9-8-16(10-20-15(18)21-11-16)13-6-4-3-5-7-13/h3-7H,1,8-11H2,2H3. The van der Waals surface area contributed by atoms with Crippen molar-refractivity contribution in [2.24, 2.45) is 0 Å². The van der Waals surface area contributed by atoms with Crippen molar-refractivity contribution >= 4 is 12.1 Å². The molecule has 1 aliphatic rings. The lowest BCUT2D eigenvalue weighted by Gasteiger charge is -2.36. The summed E-state index contributed by atoms with van der Waals surface area (Å²) in [6.45, 7) is 5.76. The maximum absolute atomic E-state index is 11.4. The lowest BCUT2D eigenvalue weighted by Crippen LogP contribution is -2.44. The van der Waals surface area contributed by atoms with Gasteiger partial charge in [-0.3, -0.25) is 0 Å². The van der Waals surface area contributed by atoms with E-state index in [-0.39, 0.29) is 19.8 Å². The summed E-state index contributed by atoms with van der Waals surface area (Å²) in [7, 11) is 0. The SMILES string of the molecule is C=C(C)C(=O)OCCC1(c2ccccc2)COC(=O)OC1. The fourth-order valence-electron chi connectivity index (χ4n) is 2.19. The molecule has 0 atom stereocenters.